The van der Waals surface area contributed by atoms with Gasteiger partial charge >= 0.3 is 41.8 Å². The molecule has 0 saturated carbocycles. The molecular weight excluding hydrogens is 559 g/mol. The minimum atomic E-state index is -7.93. The molecule has 0 aromatic carbocycles. The van der Waals surface area contributed by atoms with Gasteiger partial charge in [-0.05, 0) is 5.75 Å². The second-order valence-corrected chi connectivity index (χ2v) is 9.32. The maximum absolute atomic E-state index is 13.6. The van der Waals surface area contributed by atoms with Gasteiger partial charge in [0.25, 0.3) is 0 Å². The zero-order valence-corrected chi connectivity index (χ0v) is 19.3. The lowest BCUT2D eigenvalue weighted by molar-refractivity contribution is -0.883. The van der Waals surface area contributed by atoms with Crippen LogP contribution >= 0.6 is 11.8 Å². The molecular formula is C17H22F13N2O3S+. The second-order valence-electron chi connectivity index (χ2n) is 8.22. The number of halogens is 13. The van der Waals surface area contributed by atoms with Gasteiger partial charge in [-0.25, -0.2) is 4.79 Å². The Bertz CT molecular complexity index is 773. The van der Waals surface area contributed by atoms with Crippen LogP contribution in [0.25, 0.3) is 0 Å². The van der Waals surface area contributed by atoms with Crippen LogP contribution in [0.2, 0.25) is 0 Å². The number of aliphatic carboxylic acids is 1. The van der Waals surface area contributed by atoms with Crippen LogP contribution in [0, 0.1) is 0 Å². The van der Waals surface area contributed by atoms with Gasteiger partial charge in [-0.1, -0.05) is 0 Å². The number of quaternary nitrogens is 1. The first-order valence-corrected chi connectivity index (χ1v) is 10.8. The van der Waals surface area contributed by atoms with Crippen LogP contribution in [-0.4, -0.2) is 102 Å². The molecule has 0 unspecified atom stereocenters. The van der Waals surface area contributed by atoms with Gasteiger partial charge in [-0.3, -0.25) is 4.79 Å². The Morgan fingerprint density at radius 3 is 1.72 bits per heavy atom. The number of amides is 1. The Morgan fingerprint density at radius 1 is 0.806 bits per heavy atom. The number of thioether (sulfide) groups is 1. The van der Waals surface area contributed by atoms with Crippen molar-refractivity contribution in [1.29, 1.82) is 0 Å². The number of rotatable bonds is 15. The molecule has 0 fully saturated rings. The Kier molecular flexibility index (Phi) is 10.9. The monoisotopic (exact) mass is 581 g/mol. The number of carbonyl (C=O) groups excluding carboxylic acids is 1. The van der Waals surface area contributed by atoms with Crippen molar-refractivity contribution in [3.63, 3.8) is 0 Å². The summed E-state index contributed by atoms with van der Waals surface area (Å²) in [6.45, 7) is 0.0262. The quantitative estimate of drug-likeness (QED) is 0.170. The van der Waals surface area contributed by atoms with Crippen molar-refractivity contribution in [1.82, 2.24) is 5.32 Å². The zero-order chi connectivity index (χ0) is 29.0. The molecule has 19 heteroatoms. The molecule has 214 valence electrons. The molecule has 0 atom stereocenters. The summed E-state index contributed by atoms with van der Waals surface area (Å²) in [7, 11) is 3.15. The second kappa shape index (κ2) is 11.4. The number of carboxylic acids is 1. The number of likely N-dealkylation sites (N-methyl/N-ethyl adjacent to an activating group) is 1. The molecule has 0 bridgehead atoms. The fourth-order valence-electron chi connectivity index (χ4n) is 2.56. The molecule has 0 aromatic rings. The Labute approximate surface area is 199 Å². The molecule has 0 aliphatic heterocycles. The first-order valence-electron chi connectivity index (χ1n) is 9.61. The van der Waals surface area contributed by atoms with E-state index < -0.39 is 65.6 Å². The summed E-state index contributed by atoms with van der Waals surface area (Å²) in [6.07, 6.45) is -9.57. The third-order valence-corrected chi connectivity index (χ3v) is 5.58. The van der Waals surface area contributed by atoms with Gasteiger partial charge in [0.15, 0.2) is 6.54 Å². The topological polar surface area (TPSA) is 66.4 Å². The summed E-state index contributed by atoms with van der Waals surface area (Å²) < 4.78 is 169. The van der Waals surface area contributed by atoms with Crippen LogP contribution in [-0.2, 0) is 9.59 Å². The Balaban J connectivity index is 4.96. The van der Waals surface area contributed by atoms with Crippen LogP contribution in [0.5, 0.6) is 0 Å². The highest BCUT2D eigenvalue weighted by Gasteiger charge is 2.90. The van der Waals surface area contributed by atoms with E-state index in [1.807, 2.05) is 0 Å². The molecule has 0 aliphatic carbocycles. The van der Waals surface area contributed by atoms with E-state index in [2.05, 4.69) is 5.32 Å². The van der Waals surface area contributed by atoms with Crippen molar-refractivity contribution in [2.45, 2.75) is 48.6 Å². The zero-order valence-electron chi connectivity index (χ0n) is 18.5. The van der Waals surface area contributed by atoms with Gasteiger partial charge in [0.2, 0.25) is 5.91 Å². The number of hydrogen-bond donors (Lipinski definition) is 2. The lowest BCUT2D eigenvalue weighted by Gasteiger charge is -2.39. The van der Waals surface area contributed by atoms with Gasteiger partial charge in [0.1, 0.15) is 0 Å². The SMILES string of the molecule is C[N+](C)(CCCNC(=O)CSCCC(F)(F)C(F)(F)C(F)(F)C(F)(F)C(F)(F)C(F)(F)F)CC(=O)O. The summed E-state index contributed by atoms with van der Waals surface area (Å²) in [4.78, 5) is 22.3. The van der Waals surface area contributed by atoms with E-state index in [0.717, 1.165) is 0 Å². The predicted molar refractivity (Wildman–Crippen MR) is 99.8 cm³/mol. The highest BCUT2D eigenvalue weighted by molar-refractivity contribution is 7.99. The number of alkyl halides is 13. The predicted octanol–water partition coefficient (Wildman–Crippen LogP) is 4.52. The van der Waals surface area contributed by atoms with Crippen molar-refractivity contribution in [3.05, 3.63) is 0 Å². The minimum Gasteiger partial charge on any atom is -0.477 e. The minimum absolute atomic E-state index is 0.0242. The fourth-order valence-corrected chi connectivity index (χ4v) is 3.39. The maximum atomic E-state index is 13.6. The number of hydrogen-bond acceptors (Lipinski definition) is 3. The third kappa shape index (κ3) is 7.67. The summed E-state index contributed by atoms with van der Waals surface area (Å²) in [5.74, 6) is -41.0. The Morgan fingerprint density at radius 2 is 1.28 bits per heavy atom. The van der Waals surface area contributed by atoms with E-state index in [9.17, 15) is 66.7 Å². The molecule has 0 aliphatic rings. The summed E-state index contributed by atoms with van der Waals surface area (Å²) in [5, 5.41) is 11.0. The molecule has 36 heavy (non-hydrogen) atoms. The highest BCUT2D eigenvalue weighted by Crippen LogP contribution is 2.60. The van der Waals surface area contributed by atoms with Crippen LogP contribution in [0.15, 0.2) is 0 Å². The summed E-state index contributed by atoms with van der Waals surface area (Å²) in [6, 6.07) is 0. The molecule has 0 saturated heterocycles. The fraction of sp³-hybridized carbons (Fsp3) is 0.882. The first kappa shape index (κ1) is 34.3. The average Bonchev–Trinajstić information content (AvgIpc) is 2.66. The van der Waals surface area contributed by atoms with E-state index in [0.29, 0.717) is 0 Å². The van der Waals surface area contributed by atoms with E-state index in [4.69, 9.17) is 5.11 Å². The smallest absolute Gasteiger partial charge is 0.460 e. The lowest BCUT2D eigenvalue weighted by atomic mass is 9.93. The highest BCUT2D eigenvalue weighted by atomic mass is 32.2. The molecule has 0 aromatic heterocycles. The molecule has 0 spiro atoms. The molecule has 0 heterocycles. The van der Waals surface area contributed by atoms with Gasteiger partial charge in [0, 0.05) is 19.4 Å². The average molecular weight is 581 g/mol. The van der Waals surface area contributed by atoms with Crippen LogP contribution in [0.4, 0.5) is 57.1 Å². The van der Waals surface area contributed by atoms with Crippen molar-refractivity contribution in [3.8, 4) is 0 Å². The van der Waals surface area contributed by atoms with Crippen molar-refractivity contribution in [2.24, 2.45) is 0 Å². The van der Waals surface area contributed by atoms with Gasteiger partial charge in [-0.2, -0.15) is 68.8 Å². The standard InChI is InChI=1S/C17H21F13N2O3S/c1-32(2,8-11(34)35)6-3-5-31-10(33)9-36-7-4-12(18,19)13(20,21)14(22,23)15(24,25)16(26,27)17(28,29)30/h3-9H2,1-2H3,(H-,31,33,34,35)/p+1. The number of carboxylic acid groups (broad SMARTS) is 1. The number of nitrogens with zero attached hydrogens (tertiary/aromatic N) is 1. The van der Waals surface area contributed by atoms with Gasteiger partial charge in [0.05, 0.1) is 26.4 Å². The summed E-state index contributed by atoms with van der Waals surface area (Å²) >= 11 is 0.137. The van der Waals surface area contributed by atoms with E-state index in [1.54, 1.807) is 14.1 Å². The van der Waals surface area contributed by atoms with Crippen LogP contribution in [0.1, 0.15) is 12.8 Å². The molecule has 1 amide bonds. The maximum Gasteiger partial charge on any atom is 0.460 e. The number of carbonyl (C=O) groups is 2. The first-order chi connectivity index (χ1) is 15.8. The Hall–Kier alpha value is -1.66. The largest absolute Gasteiger partial charge is 0.477 e. The molecule has 0 rings (SSSR count). The molecule has 2 N–H and O–H groups in total. The van der Waals surface area contributed by atoms with Crippen molar-refractivity contribution < 1.29 is 76.3 Å². The van der Waals surface area contributed by atoms with Crippen molar-refractivity contribution in [2.75, 3.05) is 45.2 Å². The molecule has 0 radical (unpaired) electrons. The summed E-state index contributed by atoms with van der Waals surface area (Å²) in [5.41, 5.74) is 0. The number of nitrogens with one attached hydrogen (secondary N) is 1. The van der Waals surface area contributed by atoms with Crippen molar-refractivity contribution >= 4 is 23.6 Å². The lowest BCUT2D eigenvalue weighted by Crippen LogP contribution is -2.70. The van der Waals surface area contributed by atoms with Crippen LogP contribution < -0.4 is 5.32 Å². The van der Waals surface area contributed by atoms with E-state index in [1.165, 1.54) is 0 Å². The van der Waals surface area contributed by atoms with Gasteiger partial charge in [-0.15, -0.1) is 0 Å². The van der Waals surface area contributed by atoms with E-state index in [-0.39, 0.29) is 42.3 Å². The molecule has 5 nitrogen and oxygen atoms in total. The normalized spacial score (nSPS) is 14.6. The van der Waals surface area contributed by atoms with Crippen LogP contribution in [0.3, 0.4) is 0 Å². The van der Waals surface area contributed by atoms with E-state index >= 15 is 0 Å². The van der Waals surface area contributed by atoms with Gasteiger partial charge < -0.3 is 14.9 Å². The third-order valence-electron chi connectivity index (χ3n) is 4.62.